The summed E-state index contributed by atoms with van der Waals surface area (Å²) in [5.74, 6) is 0.874. The fourth-order valence-corrected chi connectivity index (χ4v) is 2.47. The van der Waals surface area contributed by atoms with Gasteiger partial charge in [0.05, 0.1) is 18.2 Å². The number of rotatable bonds is 8. The highest BCUT2D eigenvalue weighted by Crippen LogP contribution is 2.11. The molecule has 2 rings (SSSR count). The molecule has 0 aromatic heterocycles. The molecule has 0 heterocycles. The number of ether oxygens (including phenoxy) is 1. The van der Waals surface area contributed by atoms with Crippen LogP contribution >= 0.6 is 0 Å². The summed E-state index contributed by atoms with van der Waals surface area (Å²) in [5, 5.41) is 11.8. The third-order valence-corrected chi connectivity index (χ3v) is 3.96. The van der Waals surface area contributed by atoms with Gasteiger partial charge in [-0.2, -0.15) is 5.26 Å². The summed E-state index contributed by atoms with van der Waals surface area (Å²) in [7, 11) is 1.74. The number of unbranched alkanes of at least 4 members (excludes halogenated alkanes) is 1. The number of carbonyl (C=O) groups excluding carboxylic acids is 1. The molecule has 5 heteroatoms. The highest BCUT2D eigenvalue weighted by molar-refractivity contribution is 5.73. The van der Waals surface area contributed by atoms with Gasteiger partial charge in [-0.05, 0) is 49.6 Å². The van der Waals surface area contributed by atoms with Crippen LogP contribution in [0.3, 0.4) is 0 Å². The number of urea groups is 1. The van der Waals surface area contributed by atoms with Crippen molar-refractivity contribution in [1.29, 1.82) is 5.26 Å². The quantitative estimate of drug-likeness (QED) is 0.734. The van der Waals surface area contributed by atoms with Crippen molar-refractivity contribution in [3.05, 3.63) is 65.2 Å². The first-order chi connectivity index (χ1) is 12.6. The molecule has 0 spiro atoms. The molecule has 0 aliphatic rings. The number of aryl methyl sites for hydroxylation is 1. The number of nitrogens with one attached hydrogen (secondary N) is 1. The van der Waals surface area contributed by atoms with E-state index in [-0.39, 0.29) is 6.03 Å². The topological polar surface area (TPSA) is 65.4 Å². The first-order valence-corrected chi connectivity index (χ1v) is 8.76. The summed E-state index contributed by atoms with van der Waals surface area (Å²) in [6.45, 7) is 3.76. The normalized spacial score (nSPS) is 10.0. The lowest BCUT2D eigenvalue weighted by Crippen LogP contribution is -2.37. The highest BCUT2D eigenvalue weighted by Gasteiger charge is 2.08. The van der Waals surface area contributed by atoms with E-state index in [1.807, 2.05) is 43.3 Å². The molecular formula is C21H25N3O2. The molecule has 136 valence electrons. The van der Waals surface area contributed by atoms with Crippen LogP contribution in [0.1, 0.15) is 29.5 Å². The van der Waals surface area contributed by atoms with Crippen LogP contribution in [-0.2, 0) is 6.54 Å². The molecule has 5 nitrogen and oxygen atoms in total. The monoisotopic (exact) mass is 351 g/mol. The zero-order valence-corrected chi connectivity index (χ0v) is 15.4. The van der Waals surface area contributed by atoms with Gasteiger partial charge in [-0.15, -0.1) is 0 Å². The second-order valence-electron chi connectivity index (χ2n) is 6.27. The number of nitriles is 1. The van der Waals surface area contributed by atoms with Gasteiger partial charge < -0.3 is 15.0 Å². The van der Waals surface area contributed by atoms with Gasteiger partial charge in [0, 0.05) is 20.1 Å². The maximum absolute atomic E-state index is 12.1. The maximum atomic E-state index is 12.1. The molecule has 0 fully saturated rings. The molecule has 0 aliphatic heterocycles. The summed E-state index contributed by atoms with van der Waals surface area (Å²) >= 11 is 0. The van der Waals surface area contributed by atoms with Crippen LogP contribution in [0.2, 0.25) is 0 Å². The molecule has 0 unspecified atom stereocenters. The van der Waals surface area contributed by atoms with Gasteiger partial charge in [0.1, 0.15) is 5.75 Å². The fraction of sp³-hybridized carbons (Fsp3) is 0.333. The van der Waals surface area contributed by atoms with Crippen molar-refractivity contribution in [2.45, 2.75) is 26.3 Å². The standard InChI is InChI=1S/C21H25N3O2/c1-17-8-10-20(11-9-17)26-13-4-3-12-23-21(25)24(2)16-19-7-5-6-18(14-19)15-22/h5-11,14H,3-4,12-13,16H2,1-2H3,(H,23,25). The molecule has 0 atom stereocenters. The van der Waals surface area contributed by atoms with Crippen molar-refractivity contribution >= 4 is 6.03 Å². The van der Waals surface area contributed by atoms with E-state index in [1.165, 1.54) is 5.56 Å². The molecule has 1 N–H and O–H groups in total. The van der Waals surface area contributed by atoms with Crippen molar-refractivity contribution in [1.82, 2.24) is 10.2 Å². The molecular weight excluding hydrogens is 326 g/mol. The van der Waals surface area contributed by atoms with Crippen molar-refractivity contribution < 1.29 is 9.53 Å². The Morgan fingerprint density at radius 2 is 1.96 bits per heavy atom. The van der Waals surface area contributed by atoms with E-state index in [0.29, 0.717) is 25.3 Å². The van der Waals surface area contributed by atoms with Crippen molar-refractivity contribution in [3.8, 4) is 11.8 Å². The Bertz CT molecular complexity index is 751. The molecule has 0 bridgehead atoms. The van der Waals surface area contributed by atoms with Gasteiger partial charge in [-0.1, -0.05) is 29.8 Å². The molecule has 0 aliphatic carbocycles. The lowest BCUT2D eigenvalue weighted by atomic mass is 10.1. The highest BCUT2D eigenvalue weighted by atomic mass is 16.5. The van der Waals surface area contributed by atoms with Gasteiger partial charge in [0.25, 0.3) is 0 Å². The lowest BCUT2D eigenvalue weighted by molar-refractivity contribution is 0.206. The Morgan fingerprint density at radius 3 is 2.69 bits per heavy atom. The van der Waals surface area contributed by atoms with Gasteiger partial charge in [-0.3, -0.25) is 0 Å². The minimum Gasteiger partial charge on any atom is -0.494 e. The minimum absolute atomic E-state index is 0.119. The van der Waals surface area contributed by atoms with Crippen LogP contribution in [0.25, 0.3) is 0 Å². The van der Waals surface area contributed by atoms with Crippen molar-refractivity contribution in [2.24, 2.45) is 0 Å². The Morgan fingerprint density at radius 1 is 1.19 bits per heavy atom. The Kier molecular flexibility index (Phi) is 7.50. The number of nitrogens with zero attached hydrogens (tertiary/aromatic N) is 2. The summed E-state index contributed by atoms with van der Waals surface area (Å²) < 4.78 is 5.67. The van der Waals surface area contributed by atoms with E-state index in [0.717, 1.165) is 24.2 Å². The predicted molar refractivity (Wildman–Crippen MR) is 102 cm³/mol. The molecule has 2 aromatic rings. The zero-order chi connectivity index (χ0) is 18.8. The van der Waals surface area contributed by atoms with Crippen LogP contribution < -0.4 is 10.1 Å². The van der Waals surface area contributed by atoms with Gasteiger partial charge in [0.15, 0.2) is 0 Å². The average Bonchev–Trinajstić information content (AvgIpc) is 2.65. The molecule has 2 amide bonds. The lowest BCUT2D eigenvalue weighted by Gasteiger charge is -2.18. The summed E-state index contributed by atoms with van der Waals surface area (Å²) in [6.07, 6.45) is 1.73. The number of amides is 2. The smallest absolute Gasteiger partial charge is 0.317 e. The predicted octanol–water partition coefficient (Wildman–Crippen LogP) is 3.87. The zero-order valence-electron chi connectivity index (χ0n) is 15.4. The van der Waals surface area contributed by atoms with Gasteiger partial charge in [-0.25, -0.2) is 4.79 Å². The third-order valence-electron chi connectivity index (χ3n) is 3.96. The Hall–Kier alpha value is -3.00. The van der Waals surface area contributed by atoms with E-state index in [9.17, 15) is 4.79 Å². The van der Waals surface area contributed by atoms with E-state index in [4.69, 9.17) is 10.00 Å². The minimum atomic E-state index is -0.119. The number of hydrogen-bond donors (Lipinski definition) is 1. The average molecular weight is 351 g/mol. The first kappa shape index (κ1) is 19.3. The van der Waals surface area contributed by atoms with Crippen LogP contribution in [0.5, 0.6) is 5.75 Å². The van der Waals surface area contributed by atoms with Crippen LogP contribution in [-0.4, -0.2) is 31.1 Å². The summed E-state index contributed by atoms with van der Waals surface area (Å²) in [4.78, 5) is 13.7. The van der Waals surface area contributed by atoms with E-state index >= 15 is 0 Å². The fourth-order valence-electron chi connectivity index (χ4n) is 2.47. The Balaban J connectivity index is 1.61. The first-order valence-electron chi connectivity index (χ1n) is 8.76. The van der Waals surface area contributed by atoms with Crippen LogP contribution in [0.15, 0.2) is 48.5 Å². The van der Waals surface area contributed by atoms with E-state index in [2.05, 4.69) is 11.4 Å². The summed E-state index contributed by atoms with van der Waals surface area (Å²) in [6, 6.07) is 17.3. The molecule has 26 heavy (non-hydrogen) atoms. The number of hydrogen-bond acceptors (Lipinski definition) is 3. The Labute approximate surface area is 155 Å². The van der Waals surface area contributed by atoms with Crippen LogP contribution in [0.4, 0.5) is 4.79 Å². The van der Waals surface area contributed by atoms with E-state index < -0.39 is 0 Å². The summed E-state index contributed by atoms with van der Waals surface area (Å²) in [5.41, 5.74) is 2.75. The van der Waals surface area contributed by atoms with Crippen molar-refractivity contribution in [2.75, 3.05) is 20.2 Å². The van der Waals surface area contributed by atoms with Crippen molar-refractivity contribution in [3.63, 3.8) is 0 Å². The van der Waals surface area contributed by atoms with Gasteiger partial charge >= 0.3 is 6.03 Å². The molecule has 2 aromatic carbocycles. The van der Waals surface area contributed by atoms with Crippen LogP contribution in [0, 0.1) is 18.3 Å². The molecule has 0 saturated heterocycles. The SMILES string of the molecule is Cc1ccc(OCCCCNC(=O)N(C)Cc2cccc(C#N)c2)cc1. The second-order valence-corrected chi connectivity index (χ2v) is 6.27. The maximum Gasteiger partial charge on any atom is 0.317 e. The number of carbonyl (C=O) groups is 1. The molecule has 0 radical (unpaired) electrons. The largest absolute Gasteiger partial charge is 0.494 e. The van der Waals surface area contributed by atoms with Gasteiger partial charge in [0.2, 0.25) is 0 Å². The molecule has 0 saturated carbocycles. The van der Waals surface area contributed by atoms with E-state index in [1.54, 1.807) is 24.1 Å². The number of benzene rings is 2. The third kappa shape index (κ3) is 6.48. The second kappa shape index (κ2) is 10.1.